The summed E-state index contributed by atoms with van der Waals surface area (Å²) in [5.74, 6) is -1.14. The largest absolute Gasteiger partial charge is 0.478 e. The second-order valence-electron chi connectivity index (χ2n) is 6.91. The minimum atomic E-state index is -3.78. The van der Waals surface area contributed by atoms with Crippen LogP contribution in [0.3, 0.4) is 0 Å². The topological polar surface area (TPSA) is 86.7 Å². The average molecular weight is 388 g/mol. The molecule has 2 aromatic carbocycles. The molecule has 0 amide bonds. The molecule has 6 nitrogen and oxygen atoms in total. The fraction of sp³-hybridized carbons (Fsp3) is 0.350. The van der Waals surface area contributed by atoms with Gasteiger partial charge in [0.25, 0.3) is 0 Å². The Balaban J connectivity index is 1.64. The molecule has 0 atom stereocenters. The van der Waals surface area contributed by atoms with Crippen LogP contribution < -0.4 is 4.72 Å². The van der Waals surface area contributed by atoms with Gasteiger partial charge in [-0.3, -0.25) is 4.90 Å². The van der Waals surface area contributed by atoms with E-state index in [-0.39, 0.29) is 17.0 Å². The minimum Gasteiger partial charge on any atom is -0.478 e. The summed E-state index contributed by atoms with van der Waals surface area (Å²) in [6.45, 7) is 4.99. The van der Waals surface area contributed by atoms with E-state index in [9.17, 15) is 18.3 Å². The maximum Gasteiger partial charge on any atom is 0.335 e. The summed E-state index contributed by atoms with van der Waals surface area (Å²) in [4.78, 5) is 13.6. The zero-order chi connectivity index (χ0) is 19.4. The van der Waals surface area contributed by atoms with Gasteiger partial charge in [0.15, 0.2) is 0 Å². The third-order valence-corrected chi connectivity index (χ3v) is 6.24. The molecule has 0 aliphatic carbocycles. The van der Waals surface area contributed by atoms with Crippen LogP contribution in [0.4, 0.5) is 0 Å². The lowest BCUT2D eigenvalue weighted by Gasteiger charge is -2.14. The Hall–Kier alpha value is -2.22. The molecule has 3 rings (SSSR count). The molecule has 7 heteroatoms. The molecule has 2 aromatic rings. The average Bonchev–Trinajstić information content (AvgIpc) is 3.14. The van der Waals surface area contributed by atoms with E-state index in [2.05, 4.69) is 9.62 Å². The number of nitrogens with zero attached hydrogens (tertiary/aromatic N) is 1. The highest BCUT2D eigenvalue weighted by Gasteiger charge is 2.17. The lowest BCUT2D eigenvalue weighted by molar-refractivity contribution is 0.0696. The summed E-state index contributed by atoms with van der Waals surface area (Å²) < 4.78 is 27.5. The number of carboxylic acid groups (broad SMARTS) is 1. The maximum atomic E-state index is 12.5. The van der Waals surface area contributed by atoms with Crippen LogP contribution in [0.2, 0.25) is 0 Å². The Morgan fingerprint density at radius 2 is 1.70 bits per heavy atom. The fourth-order valence-electron chi connectivity index (χ4n) is 3.22. The zero-order valence-corrected chi connectivity index (χ0v) is 16.1. The number of carbonyl (C=O) groups is 1. The summed E-state index contributed by atoms with van der Waals surface area (Å²) >= 11 is 0. The normalized spacial score (nSPS) is 15.1. The quantitative estimate of drug-likeness (QED) is 0.762. The molecule has 1 fully saturated rings. The molecule has 0 aromatic heterocycles. The molecule has 1 saturated heterocycles. The van der Waals surface area contributed by atoms with Crippen LogP contribution in [0, 0.1) is 6.92 Å². The maximum absolute atomic E-state index is 12.5. The van der Waals surface area contributed by atoms with E-state index in [1.165, 1.54) is 36.6 Å². The lowest BCUT2D eigenvalue weighted by Crippen LogP contribution is -2.23. The highest BCUT2D eigenvalue weighted by atomic mass is 32.2. The first-order valence-electron chi connectivity index (χ1n) is 8.99. The third-order valence-electron chi connectivity index (χ3n) is 4.84. The van der Waals surface area contributed by atoms with Crippen molar-refractivity contribution < 1.29 is 18.3 Å². The van der Waals surface area contributed by atoms with Gasteiger partial charge in [0.05, 0.1) is 10.5 Å². The lowest BCUT2D eigenvalue weighted by atomic mass is 10.1. The first kappa shape index (κ1) is 19.5. The summed E-state index contributed by atoms with van der Waals surface area (Å²) in [5, 5.41) is 9.17. The number of hydrogen-bond donors (Lipinski definition) is 2. The van der Waals surface area contributed by atoms with Gasteiger partial charge >= 0.3 is 5.97 Å². The molecule has 0 spiro atoms. The van der Waals surface area contributed by atoms with Crippen LogP contribution in [-0.2, 0) is 23.1 Å². The van der Waals surface area contributed by atoms with Crippen LogP contribution in [-0.4, -0.2) is 37.5 Å². The predicted molar refractivity (Wildman–Crippen MR) is 103 cm³/mol. The van der Waals surface area contributed by atoms with Crippen molar-refractivity contribution in [3.05, 3.63) is 64.7 Å². The van der Waals surface area contributed by atoms with Gasteiger partial charge in [-0.25, -0.2) is 17.9 Å². The molecular weight excluding hydrogens is 364 g/mol. The van der Waals surface area contributed by atoms with Gasteiger partial charge < -0.3 is 5.11 Å². The van der Waals surface area contributed by atoms with Crippen molar-refractivity contribution in [3.8, 4) is 0 Å². The van der Waals surface area contributed by atoms with Gasteiger partial charge in [0.2, 0.25) is 10.0 Å². The smallest absolute Gasteiger partial charge is 0.335 e. The van der Waals surface area contributed by atoms with Crippen molar-refractivity contribution in [1.82, 2.24) is 9.62 Å². The number of nitrogens with one attached hydrogen (secondary N) is 1. The van der Waals surface area contributed by atoms with Crippen molar-refractivity contribution in [3.63, 3.8) is 0 Å². The predicted octanol–water partition coefficient (Wildman–Crippen LogP) is 2.77. The molecule has 0 bridgehead atoms. The van der Waals surface area contributed by atoms with Gasteiger partial charge in [-0.2, -0.15) is 0 Å². The van der Waals surface area contributed by atoms with E-state index < -0.39 is 16.0 Å². The van der Waals surface area contributed by atoms with E-state index in [0.29, 0.717) is 5.56 Å². The molecule has 144 valence electrons. The van der Waals surface area contributed by atoms with Gasteiger partial charge in [-0.05, 0) is 61.7 Å². The standard InChI is InChI=1S/C20H24N2O4S/c1-15-4-9-18(12-19(15)20(23)24)27(25,26)21-13-16-5-7-17(8-6-16)14-22-10-2-3-11-22/h4-9,12,21H,2-3,10-11,13-14H2,1H3,(H,23,24). The first-order valence-corrected chi connectivity index (χ1v) is 10.5. The molecular formula is C20H24N2O4S. The van der Waals surface area contributed by atoms with E-state index in [0.717, 1.165) is 25.2 Å². The Bertz CT molecular complexity index is 917. The van der Waals surface area contributed by atoms with Crippen molar-refractivity contribution in [2.24, 2.45) is 0 Å². The third kappa shape index (κ3) is 4.94. The first-order chi connectivity index (χ1) is 12.8. The molecule has 0 saturated carbocycles. The fourth-order valence-corrected chi connectivity index (χ4v) is 4.27. The minimum absolute atomic E-state index is 0.0101. The number of likely N-dealkylation sites (tertiary alicyclic amines) is 1. The van der Waals surface area contributed by atoms with Gasteiger partial charge in [0, 0.05) is 13.1 Å². The SMILES string of the molecule is Cc1ccc(S(=O)(=O)NCc2ccc(CN3CCCC3)cc2)cc1C(=O)O. The number of benzene rings is 2. The molecule has 0 radical (unpaired) electrons. The Labute approximate surface area is 159 Å². The number of aryl methyl sites for hydroxylation is 1. The van der Waals surface area contributed by atoms with Gasteiger partial charge in [-0.1, -0.05) is 30.3 Å². The Kier molecular flexibility index (Phi) is 5.94. The van der Waals surface area contributed by atoms with Crippen LogP contribution in [0.15, 0.2) is 47.4 Å². The number of rotatable bonds is 7. The number of aromatic carboxylic acids is 1. The number of carboxylic acids is 1. The molecule has 1 aliphatic rings. The van der Waals surface area contributed by atoms with E-state index >= 15 is 0 Å². The molecule has 1 heterocycles. The second kappa shape index (κ2) is 8.21. The van der Waals surface area contributed by atoms with Crippen LogP contribution in [0.25, 0.3) is 0 Å². The second-order valence-corrected chi connectivity index (χ2v) is 8.67. The summed E-state index contributed by atoms with van der Waals surface area (Å²) in [6.07, 6.45) is 2.50. The highest BCUT2D eigenvalue weighted by Crippen LogP contribution is 2.17. The molecule has 0 unspecified atom stereocenters. The van der Waals surface area contributed by atoms with Crippen LogP contribution in [0.5, 0.6) is 0 Å². The van der Waals surface area contributed by atoms with Gasteiger partial charge in [0.1, 0.15) is 0 Å². The summed E-state index contributed by atoms with van der Waals surface area (Å²) in [5.41, 5.74) is 2.58. The van der Waals surface area contributed by atoms with Crippen molar-refractivity contribution in [2.45, 2.75) is 37.8 Å². The Morgan fingerprint density at radius 3 is 2.33 bits per heavy atom. The molecule has 1 aliphatic heterocycles. The number of hydrogen-bond acceptors (Lipinski definition) is 4. The Morgan fingerprint density at radius 1 is 1.07 bits per heavy atom. The summed E-state index contributed by atoms with van der Waals surface area (Å²) in [6, 6.07) is 12.0. The van der Waals surface area contributed by atoms with E-state index in [1.807, 2.05) is 24.3 Å². The van der Waals surface area contributed by atoms with Gasteiger partial charge in [-0.15, -0.1) is 0 Å². The highest BCUT2D eigenvalue weighted by molar-refractivity contribution is 7.89. The van der Waals surface area contributed by atoms with Crippen LogP contribution >= 0.6 is 0 Å². The molecule has 27 heavy (non-hydrogen) atoms. The van der Waals surface area contributed by atoms with Crippen molar-refractivity contribution >= 4 is 16.0 Å². The van der Waals surface area contributed by atoms with Crippen molar-refractivity contribution in [1.29, 1.82) is 0 Å². The number of sulfonamides is 1. The van der Waals surface area contributed by atoms with Crippen LogP contribution in [0.1, 0.15) is 39.9 Å². The van der Waals surface area contributed by atoms with E-state index in [4.69, 9.17) is 0 Å². The monoisotopic (exact) mass is 388 g/mol. The van der Waals surface area contributed by atoms with E-state index in [1.54, 1.807) is 6.92 Å². The summed E-state index contributed by atoms with van der Waals surface area (Å²) in [7, 11) is -3.78. The zero-order valence-electron chi connectivity index (χ0n) is 15.3. The van der Waals surface area contributed by atoms with Crippen molar-refractivity contribution in [2.75, 3.05) is 13.1 Å². The molecule has 2 N–H and O–H groups in total.